The smallest absolute Gasteiger partial charge is 0.408 e. The summed E-state index contributed by atoms with van der Waals surface area (Å²) in [7, 11) is 0. The van der Waals surface area contributed by atoms with E-state index >= 15 is 0 Å². The summed E-state index contributed by atoms with van der Waals surface area (Å²) in [6.45, 7) is 3.15. The molecule has 0 spiro atoms. The van der Waals surface area contributed by atoms with E-state index in [1.54, 1.807) is 0 Å². The largest absolute Gasteiger partial charge is 0.480 e. The molecule has 1 rings (SSSR count). The first kappa shape index (κ1) is 15.5. The van der Waals surface area contributed by atoms with Gasteiger partial charge in [-0.05, 0) is 19.3 Å². The second-order valence-corrected chi connectivity index (χ2v) is 4.74. The number of carboxylic acid groups (broad SMARTS) is 2. The average Bonchev–Trinajstić information content (AvgIpc) is 2.61. The summed E-state index contributed by atoms with van der Waals surface area (Å²) in [5.41, 5.74) is -1.13. The molecule has 7 heteroatoms. The number of hydrogen-bond donors (Lipinski definition) is 4. The minimum atomic E-state index is -1.37. The van der Waals surface area contributed by atoms with Gasteiger partial charge in [0.1, 0.15) is 6.04 Å². The first-order valence-corrected chi connectivity index (χ1v) is 6.03. The van der Waals surface area contributed by atoms with Crippen LogP contribution >= 0.6 is 0 Å². The molecular formula is C12H19NO6. The van der Waals surface area contributed by atoms with E-state index in [9.17, 15) is 19.8 Å². The number of β-amino-alcohol motifs (C(OH)–C–C–N with tert-alkyl or cyclic N) is 1. The highest BCUT2D eigenvalue weighted by Crippen LogP contribution is 2.44. The Bertz CT molecular complexity index is 371. The third kappa shape index (κ3) is 2.71. The Hall–Kier alpha value is -1.60. The SMILES string of the molecule is C=CC[C@]1(CCCO)[C@H](O)CN(C(=O)O)[C@@H]1C(=O)O. The van der Waals surface area contributed by atoms with Crippen LogP contribution < -0.4 is 0 Å². The van der Waals surface area contributed by atoms with Crippen molar-refractivity contribution in [3.63, 3.8) is 0 Å². The van der Waals surface area contributed by atoms with Crippen molar-refractivity contribution in [1.82, 2.24) is 4.90 Å². The molecule has 1 aliphatic rings. The van der Waals surface area contributed by atoms with E-state index in [-0.39, 0.29) is 26.0 Å². The van der Waals surface area contributed by atoms with Crippen LogP contribution in [0, 0.1) is 5.41 Å². The molecule has 0 aliphatic carbocycles. The number of likely N-dealkylation sites (tertiary alicyclic amines) is 1. The summed E-state index contributed by atoms with van der Waals surface area (Å²) in [4.78, 5) is 23.3. The van der Waals surface area contributed by atoms with E-state index in [0.29, 0.717) is 6.42 Å². The lowest BCUT2D eigenvalue weighted by Gasteiger charge is -2.35. The summed E-state index contributed by atoms with van der Waals surface area (Å²) >= 11 is 0. The molecule has 1 aliphatic heterocycles. The molecule has 0 radical (unpaired) electrons. The molecule has 7 nitrogen and oxygen atoms in total. The van der Waals surface area contributed by atoms with Crippen LogP contribution in [-0.2, 0) is 4.79 Å². The monoisotopic (exact) mass is 273 g/mol. The zero-order valence-electron chi connectivity index (χ0n) is 10.5. The topological polar surface area (TPSA) is 118 Å². The highest BCUT2D eigenvalue weighted by molar-refractivity contribution is 5.81. The number of rotatable bonds is 6. The lowest BCUT2D eigenvalue weighted by molar-refractivity contribution is -0.146. The lowest BCUT2D eigenvalue weighted by Crippen LogP contribution is -2.49. The van der Waals surface area contributed by atoms with Crippen molar-refractivity contribution in [2.24, 2.45) is 5.41 Å². The van der Waals surface area contributed by atoms with Gasteiger partial charge in [-0.15, -0.1) is 6.58 Å². The second-order valence-electron chi connectivity index (χ2n) is 4.74. The Labute approximate surface area is 110 Å². The molecule has 0 saturated carbocycles. The minimum absolute atomic E-state index is 0.148. The number of hydrogen-bond acceptors (Lipinski definition) is 4. The molecule has 108 valence electrons. The first-order chi connectivity index (χ1) is 8.90. The van der Waals surface area contributed by atoms with Crippen molar-refractivity contribution in [3.05, 3.63) is 12.7 Å². The van der Waals surface area contributed by atoms with Gasteiger partial charge in [0.15, 0.2) is 0 Å². The maximum absolute atomic E-state index is 11.4. The van der Waals surface area contributed by atoms with Gasteiger partial charge < -0.3 is 20.4 Å². The van der Waals surface area contributed by atoms with Gasteiger partial charge in [0, 0.05) is 12.0 Å². The van der Waals surface area contributed by atoms with E-state index in [2.05, 4.69) is 6.58 Å². The number of aliphatic hydroxyl groups is 2. The fraction of sp³-hybridized carbons (Fsp3) is 0.667. The zero-order chi connectivity index (χ0) is 14.6. The number of allylic oxidation sites excluding steroid dienone is 1. The van der Waals surface area contributed by atoms with Crippen molar-refractivity contribution in [3.8, 4) is 0 Å². The number of aliphatic hydroxyl groups excluding tert-OH is 2. The Kier molecular flexibility index (Phi) is 4.90. The number of nitrogens with zero attached hydrogens (tertiary/aromatic N) is 1. The highest BCUT2D eigenvalue weighted by Gasteiger charge is 2.57. The van der Waals surface area contributed by atoms with Crippen LogP contribution in [0.15, 0.2) is 12.7 Å². The van der Waals surface area contributed by atoms with E-state index < -0.39 is 29.6 Å². The van der Waals surface area contributed by atoms with E-state index in [1.165, 1.54) is 6.08 Å². The van der Waals surface area contributed by atoms with Gasteiger partial charge in [-0.3, -0.25) is 4.90 Å². The van der Waals surface area contributed by atoms with Gasteiger partial charge in [-0.25, -0.2) is 9.59 Å². The van der Waals surface area contributed by atoms with Crippen molar-refractivity contribution < 1.29 is 30.0 Å². The lowest BCUT2D eigenvalue weighted by atomic mass is 9.72. The Morgan fingerprint density at radius 2 is 2.05 bits per heavy atom. The van der Waals surface area contributed by atoms with Crippen molar-refractivity contribution in [2.75, 3.05) is 13.2 Å². The maximum atomic E-state index is 11.4. The minimum Gasteiger partial charge on any atom is -0.480 e. The molecule has 0 bridgehead atoms. The van der Waals surface area contributed by atoms with Gasteiger partial charge >= 0.3 is 12.1 Å². The molecule has 1 saturated heterocycles. The van der Waals surface area contributed by atoms with Crippen LogP contribution in [0.1, 0.15) is 19.3 Å². The Morgan fingerprint density at radius 1 is 1.42 bits per heavy atom. The Morgan fingerprint density at radius 3 is 2.47 bits per heavy atom. The molecule has 3 atom stereocenters. The van der Waals surface area contributed by atoms with Crippen LogP contribution in [0.2, 0.25) is 0 Å². The van der Waals surface area contributed by atoms with E-state index in [0.717, 1.165) is 4.90 Å². The first-order valence-electron chi connectivity index (χ1n) is 6.03. The van der Waals surface area contributed by atoms with Crippen LogP contribution in [-0.4, -0.2) is 62.7 Å². The Balaban J connectivity index is 3.18. The molecule has 0 aromatic carbocycles. The van der Waals surface area contributed by atoms with Crippen molar-refractivity contribution in [1.29, 1.82) is 0 Å². The van der Waals surface area contributed by atoms with Crippen molar-refractivity contribution in [2.45, 2.75) is 31.4 Å². The summed E-state index contributed by atoms with van der Waals surface area (Å²) < 4.78 is 0. The third-order valence-corrected chi connectivity index (χ3v) is 3.69. The number of amides is 1. The molecule has 0 aromatic heterocycles. The summed E-state index contributed by atoms with van der Waals surface area (Å²) in [5, 5.41) is 37.4. The third-order valence-electron chi connectivity index (χ3n) is 3.69. The number of carboxylic acids is 1. The van der Waals surface area contributed by atoms with Gasteiger partial charge in [0.25, 0.3) is 0 Å². The fourth-order valence-corrected chi connectivity index (χ4v) is 2.86. The molecule has 0 aromatic rings. The highest BCUT2D eigenvalue weighted by atomic mass is 16.4. The van der Waals surface area contributed by atoms with Gasteiger partial charge in [-0.2, -0.15) is 0 Å². The predicted molar refractivity (Wildman–Crippen MR) is 65.7 cm³/mol. The maximum Gasteiger partial charge on any atom is 0.408 e. The van der Waals surface area contributed by atoms with Crippen LogP contribution in [0.25, 0.3) is 0 Å². The molecular weight excluding hydrogens is 254 g/mol. The second kappa shape index (κ2) is 6.03. The number of aliphatic carboxylic acids is 1. The van der Waals surface area contributed by atoms with Gasteiger partial charge in [-0.1, -0.05) is 6.08 Å². The zero-order valence-corrected chi connectivity index (χ0v) is 10.5. The average molecular weight is 273 g/mol. The molecule has 1 amide bonds. The van der Waals surface area contributed by atoms with Crippen molar-refractivity contribution >= 4 is 12.1 Å². The molecule has 4 N–H and O–H groups in total. The number of carbonyl (C=O) groups is 2. The quantitative estimate of drug-likeness (QED) is 0.511. The summed E-state index contributed by atoms with van der Waals surface area (Å²) in [6.07, 6.45) is -0.299. The van der Waals surface area contributed by atoms with Gasteiger partial charge in [0.05, 0.1) is 12.6 Å². The van der Waals surface area contributed by atoms with E-state index in [4.69, 9.17) is 10.2 Å². The summed E-state index contributed by atoms with van der Waals surface area (Å²) in [6, 6.07) is -1.33. The fourth-order valence-electron chi connectivity index (χ4n) is 2.86. The van der Waals surface area contributed by atoms with Crippen LogP contribution in [0.3, 0.4) is 0 Å². The van der Waals surface area contributed by atoms with Crippen LogP contribution in [0.4, 0.5) is 4.79 Å². The normalized spacial score (nSPS) is 30.3. The molecule has 19 heavy (non-hydrogen) atoms. The summed E-state index contributed by atoms with van der Waals surface area (Å²) in [5.74, 6) is -1.29. The predicted octanol–water partition coefficient (Wildman–Crippen LogP) is 0.129. The molecule has 1 heterocycles. The molecule has 0 unspecified atom stereocenters. The standard InChI is InChI=1S/C12H19NO6/c1-2-4-12(5-3-6-14)8(15)7-13(11(18)19)9(12)10(16)17/h2,8-9,14-15H,1,3-7H2,(H,16,17)(H,18,19)/t8-,9-,12+/m1/s1. The van der Waals surface area contributed by atoms with Gasteiger partial charge in [0.2, 0.25) is 0 Å². The molecule has 1 fully saturated rings. The van der Waals surface area contributed by atoms with E-state index in [1.807, 2.05) is 0 Å². The van der Waals surface area contributed by atoms with Crippen LogP contribution in [0.5, 0.6) is 0 Å².